The second-order valence-electron chi connectivity index (χ2n) is 2.80. The summed E-state index contributed by atoms with van der Waals surface area (Å²) in [4.78, 5) is 11.1. The Labute approximate surface area is 123 Å². The van der Waals surface area contributed by atoms with E-state index in [9.17, 15) is 4.79 Å². The quantitative estimate of drug-likeness (QED) is 0.455. The van der Waals surface area contributed by atoms with Gasteiger partial charge in [-0.2, -0.15) is 0 Å². The molecule has 2 nitrogen and oxygen atoms in total. The van der Waals surface area contributed by atoms with Crippen LogP contribution in [0.2, 0.25) is 10.0 Å². The molecule has 0 unspecified atom stereocenters. The summed E-state index contributed by atoms with van der Waals surface area (Å²) in [6.45, 7) is 1.91. The van der Waals surface area contributed by atoms with E-state index in [1.54, 1.807) is 12.1 Å². The van der Waals surface area contributed by atoms with E-state index in [0.29, 0.717) is 22.2 Å². The molecular formula is C10H11Cl2NaO2. The summed E-state index contributed by atoms with van der Waals surface area (Å²) in [5, 5.41) is 0.868. The van der Waals surface area contributed by atoms with E-state index in [1.807, 2.05) is 6.92 Å². The van der Waals surface area contributed by atoms with Crippen molar-refractivity contribution in [2.24, 2.45) is 0 Å². The molecule has 0 radical (unpaired) electrons. The number of rotatable bonds is 3. The number of esters is 1. The van der Waals surface area contributed by atoms with Crippen LogP contribution in [0.4, 0.5) is 0 Å². The minimum atomic E-state index is -0.281. The Morgan fingerprint density at radius 3 is 2.67 bits per heavy atom. The predicted molar refractivity (Wildman–Crippen MR) is 58.1 cm³/mol. The van der Waals surface area contributed by atoms with Gasteiger partial charge in [-0.05, 0) is 24.6 Å². The monoisotopic (exact) mass is 256 g/mol. The van der Waals surface area contributed by atoms with Crippen molar-refractivity contribution in [2.45, 2.75) is 19.8 Å². The normalized spacial score (nSPS) is 9.27. The van der Waals surface area contributed by atoms with Crippen LogP contribution in [-0.4, -0.2) is 5.97 Å². The molecule has 78 valence electrons. The van der Waals surface area contributed by atoms with Gasteiger partial charge in [0.1, 0.15) is 5.75 Å². The third kappa shape index (κ3) is 5.23. The molecule has 0 aliphatic heterocycles. The van der Waals surface area contributed by atoms with Crippen molar-refractivity contribution in [3.63, 3.8) is 0 Å². The first-order valence-corrected chi connectivity index (χ1v) is 5.04. The van der Waals surface area contributed by atoms with Crippen molar-refractivity contribution in [1.82, 2.24) is 0 Å². The zero-order valence-electron chi connectivity index (χ0n) is 9.72. The molecule has 5 heteroatoms. The summed E-state index contributed by atoms with van der Waals surface area (Å²) < 4.78 is 5.01. The first-order chi connectivity index (χ1) is 6.63. The largest absolute Gasteiger partial charge is 1.00 e. The summed E-state index contributed by atoms with van der Waals surface area (Å²) in [5.74, 6) is 0.0752. The predicted octanol–water partition coefficient (Wildman–Crippen LogP) is 0.815. The number of carbonyl (C=O) groups excluding carboxylic acids is 1. The van der Waals surface area contributed by atoms with Crippen molar-refractivity contribution in [3.8, 4) is 5.75 Å². The third-order valence-corrected chi connectivity index (χ3v) is 2.10. The standard InChI is InChI=1S/C10H10Cl2O2.Na.H/c1-2-3-10(13)14-9-5-4-7(11)6-8(9)12;;/h4-6H,2-3H2,1H3;;/q;+1;-1. The van der Waals surface area contributed by atoms with Crippen LogP contribution in [0.15, 0.2) is 18.2 Å². The molecule has 0 aromatic heterocycles. The van der Waals surface area contributed by atoms with E-state index < -0.39 is 0 Å². The average molecular weight is 257 g/mol. The van der Waals surface area contributed by atoms with Crippen molar-refractivity contribution in [1.29, 1.82) is 0 Å². The molecule has 0 spiro atoms. The second-order valence-corrected chi connectivity index (χ2v) is 3.64. The van der Waals surface area contributed by atoms with Gasteiger partial charge in [0.25, 0.3) is 0 Å². The summed E-state index contributed by atoms with van der Waals surface area (Å²) in [6, 6.07) is 4.75. The zero-order valence-corrected chi connectivity index (χ0v) is 12.2. The molecule has 0 bridgehead atoms. The van der Waals surface area contributed by atoms with Crippen LogP contribution in [-0.2, 0) is 4.79 Å². The van der Waals surface area contributed by atoms with E-state index in [1.165, 1.54) is 6.07 Å². The van der Waals surface area contributed by atoms with Gasteiger partial charge in [-0.3, -0.25) is 4.79 Å². The minimum Gasteiger partial charge on any atom is -1.00 e. The molecule has 1 rings (SSSR count). The summed E-state index contributed by atoms with van der Waals surface area (Å²) >= 11 is 11.5. The summed E-state index contributed by atoms with van der Waals surface area (Å²) in [5.41, 5.74) is 0. The Bertz CT molecular complexity index is 348. The van der Waals surface area contributed by atoms with E-state index in [0.717, 1.165) is 6.42 Å². The van der Waals surface area contributed by atoms with Crippen molar-refractivity contribution in [2.75, 3.05) is 0 Å². The van der Waals surface area contributed by atoms with E-state index in [2.05, 4.69) is 0 Å². The van der Waals surface area contributed by atoms with Crippen LogP contribution in [0.25, 0.3) is 0 Å². The maximum Gasteiger partial charge on any atom is 1.00 e. The number of benzene rings is 1. The van der Waals surface area contributed by atoms with Crippen LogP contribution < -0.4 is 34.3 Å². The maximum absolute atomic E-state index is 11.1. The zero-order chi connectivity index (χ0) is 10.6. The van der Waals surface area contributed by atoms with Crippen LogP contribution >= 0.6 is 23.2 Å². The van der Waals surface area contributed by atoms with Gasteiger partial charge in [0.15, 0.2) is 0 Å². The van der Waals surface area contributed by atoms with Crippen molar-refractivity contribution in [3.05, 3.63) is 28.2 Å². The molecule has 0 aliphatic carbocycles. The SMILES string of the molecule is CCCC(=O)Oc1ccc(Cl)cc1Cl.[H-].[Na+]. The number of halogens is 2. The minimum absolute atomic E-state index is 0. The summed E-state index contributed by atoms with van der Waals surface area (Å²) in [7, 11) is 0. The van der Waals surface area contributed by atoms with Gasteiger partial charge in [0.2, 0.25) is 0 Å². The van der Waals surface area contributed by atoms with Crippen molar-refractivity contribution < 1.29 is 40.5 Å². The fourth-order valence-corrected chi connectivity index (χ4v) is 1.38. The first kappa shape index (κ1) is 15.3. The van der Waals surface area contributed by atoms with Crippen LogP contribution in [0.3, 0.4) is 0 Å². The Hall–Kier alpha value is 0.270. The van der Waals surface area contributed by atoms with Crippen LogP contribution in [0.5, 0.6) is 5.75 Å². The van der Waals surface area contributed by atoms with Crippen LogP contribution in [0.1, 0.15) is 21.2 Å². The van der Waals surface area contributed by atoms with E-state index >= 15 is 0 Å². The van der Waals surface area contributed by atoms with Gasteiger partial charge < -0.3 is 6.16 Å². The average Bonchev–Trinajstić information content (AvgIpc) is 2.10. The topological polar surface area (TPSA) is 26.3 Å². The van der Waals surface area contributed by atoms with Crippen molar-refractivity contribution >= 4 is 29.2 Å². The number of carbonyl (C=O) groups is 1. The summed E-state index contributed by atoms with van der Waals surface area (Å²) in [6.07, 6.45) is 1.14. The maximum atomic E-state index is 11.1. The molecule has 1 aromatic rings. The molecule has 0 amide bonds. The molecule has 0 atom stereocenters. The van der Waals surface area contributed by atoms with Gasteiger partial charge in [0.05, 0.1) is 5.02 Å². The van der Waals surface area contributed by atoms with Gasteiger partial charge in [-0.15, -0.1) is 0 Å². The molecule has 15 heavy (non-hydrogen) atoms. The van der Waals surface area contributed by atoms with Gasteiger partial charge >= 0.3 is 35.5 Å². The van der Waals surface area contributed by atoms with Gasteiger partial charge in [-0.1, -0.05) is 30.1 Å². The molecule has 0 heterocycles. The number of hydrogen-bond acceptors (Lipinski definition) is 2. The third-order valence-electron chi connectivity index (χ3n) is 1.57. The molecule has 0 saturated heterocycles. The Balaban J connectivity index is 0. The fraction of sp³-hybridized carbons (Fsp3) is 0.300. The van der Waals surface area contributed by atoms with Gasteiger partial charge in [0, 0.05) is 11.4 Å². The molecular weight excluding hydrogens is 246 g/mol. The Morgan fingerprint density at radius 1 is 1.47 bits per heavy atom. The molecule has 0 fully saturated rings. The van der Waals surface area contributed by atoms with E-state index in [4.69, 9.17) is 27.9 Å². The Morgan fingerprint density at radius 2 is 2.13 bits per heavy atom. The van der Waals surface area contributed by atoms with E-state index in [-0.39, 0.29) is 37.0 Å². The molecule has 1 aromatic carbocycles. The fourth-order valence-electron chi connectivity index (χ4n) is 0.936. The Kier molecular flexibility index (Phi) is 7.66. The second kappa shape index (κ2) is 7.53. The van der Waals surface area contributed by atoms with Crippen LogP contribution in [0, 0.1) is 0 Å². The number of ether oxygens (including phenoxy) is 1. The van der Waals surface area contributed by atoms with Gasteiger partial charge in [-0.25, -0.2) is 0 Å². The number of hydrogen-bond donors (Lipinski definition) is 0. The first-order valence-electron chi connectivity index (χ1n) is 4.29. The smallest absolute Gasteiger partial charge is 1.00 e. The molecule has 0 aliphatic rings. The molecule has 0 saturated carbocycles. The molecule has 0 N–H and O–H groups in total.